The van der Waals surface area contributed by atoms with Crippen molar-refractivity contribution in [1.29, 1.82) is 0 Å². The smallest absolute Gasteiger partial charge is 0.115 e. The summed E-state index contributed by atoms with van der Waals surface area (Å²) in [6.07, 6.45) is 4.72. The first kappa shape index (κ1) is 14.0. The van der Waals surface area contributed by atoms with Crippen LogP contribution in [0, 0.1) is 5.92 Å². The van der Waals surface area contributed by atoms with E-state index in [0.29, 0.717) is 17.4 Å². The van der Waals surface area contributed by atoms with Gasteiger partial charge in [0.15, 0.2) is 0 Å². The summed E-state index contributed by atoms with van der Waals surface area (Å²) in [6.45, 7) is 2.31. The number of phenols is 2. The first-order chi connectivity index (χ1) is 10.1. The summed E-state index contributed by atoms with van der Waals surface area (Å²) < 4.78 is 0. The van der Waals surface area contributed by atoms with Crippen molar-refractivity contribution >= 4 is 0 Å². The van der Waals surface area contributed by atoms with Crippen molar-refractivity contribution in [2.75, 3.05) is 0 Å². The zero-order valence-electron chi connectivity index (χ0n) is 12.4. The third-order valence-electron chi connectivity index (χ3n) is 4.84. The molecule has 1 aliphatic rings. The molecule has 0 bridgehead atoms. The molecule has 2 nitrogen and oxygen atoms in total. The van der Waals surface area contributed by atoms with Gasteiger partial charge in [-0.2, -0.15) is 0 Å². The lowest BCUT2D eigenvalue weighted by Gasteiger charge is -2.41. The van der Waals surface area contributed by atoms with E-state index < -0.39 is 0 Å². The van der Waals surface area contributed by atoms with Gasteiger partial charge < -0.3 is 10.2 Å². The monoisotopic (exact) mass is 282 g/mol. The standard InChI is InChI=1S/C19H22O2/c1-14-3-2-12-19(13-14,15-4-8-17(20)9-5-15)16-6-10-18(21)11-7-16/h4-11,14,20-21H,2-3,12-13H2,1H3/t14-/m1/s1. The molecular weight excluding hydrogens is 260 g/mol. The molecule has 1 fully saturated rings. The normalized spacial score (nSPS) is 21.1. The van der Waals surface area contributed by atoms with E-state index in [2.05, 4.69) is 6.92 Å². The van der Waals surface area contributed by atoms with Crippen LogP contribution < -0.4 is 0 Å². The minimum atomic E-state index is -0.000926. The first-order valence-electron chi connectivity index (χ1n) is 7.69. The van der Waals surface area contributed by atoms with Gasteiger partial charge >= 0.3 is 0 Å². The molecule has 3 rings (SSSR count). The van der Waals surface area contributed by atoms with E-state index in [1.807, 2.05) is 24.3 Å². The maximum absolute atomic E-state index is 9.56. The predicted molar refractivity (Wildman–Crippen MR) is 84.6 cm³/mol. The number of phenolic OH excluding ortho intramolecular Hbond substituents is 2. The van der Waals surface area contributed by atoms with Crippen LogP contribution in [0.4, 0.5) is 0 Å². The molecular formula is C19H22O2. The number of hydrogen-bond acceptors (Lipinski definition) is 2. The average molecular weight is 282 g/mol. The Bertz CT molecular complexity index is 553. The zero-order valence-corrected chi connectivity index (χ0v) is 12.4. The van der Waals surface area contributed by atoms with Gasteiger partial charge in [0.25, 0.3) is 0 Å². The molecule has 0 radical (unpaired) electrons. The highest BCUT2D eigenvalue weighted by Crippen LogP contribution is 2.47. The number of benzene rings is 2. The van der Waals surface area contributed by atoms with Crippen molar-refractivity contribution in [3.63, 3.8) is 0 Å². The topological polar surface area (TPSA) is 40.5 Å². The highest BCUT2D eigenvalue weighted by atomic mass is 16.3. The van der Waals surface area contributed by atoms with Crippen LogP contribution in [-0.4, -0.2) is 10.2 Å². The fourth-order valence-corrected chi connectivity index (χ4v) is 3.80. The Labute approximate surface area is 126 Å². The van der Waals surface area contributed by atoms with Gasteiger partial charge in [-0.1, -0.05) is 44.0 Å². The summed E-state index contributed by atoms with van der Waals surface area (Å²) in [6, 6.07) is 15.3. The van der Waals surface area contributed by atoms with E-state index in [4.69, 9.17) is 0 Å². The summed E-state index contributed by atoms with van der Waals surface area (Å²) >= 11 is 0. The molecule has 2 heteroatoms. The van der Waals surface area contributed by atoms with Crippen molar-refractivity contribution in [3.05, 3.63) is 59.7 Å². The Balaban J connectivity index is 2.10. The Morgan fingerprint density at radius 3 is 1.76 bits per heavy atom. The highest BCUT2D eigenvalue weighted by Gasteiger charge is 2.38. The summed E-state index contributed by atoms with van der Waals surface area (Å²) in [7, 11) is 0. The van der Waals surface area contributed by atoms with E-state index in [0.717, 1.165) is 12.8 Å². The van der Waals surface area contributed by atoms with E-state index in [1.165, 1.54) is 24.0 Å². The molecule has 0 saturated heterocycles. The van der Waals surface area contributed by atoms with E-state index in [-0.39, 0.29) is 5.41 Å². The van der Waals surface area contributed by atoms with Crippen molar-refractivity contribution in [1.82, 2.24) is 0 Å². The highest BCUT2D eigenvalue weighted by molar-refractivity contribution is 5.43. The van der Waals surface area contributed by atoms with Gasteiger partial charge in [0.1, 0.15) is 11.5 Å². The Kier molecular flexibility index (Phi) is 3.62. The van der Waals surface area contributed by atoms with Crippen LogP contribution in [0.2, 0.25) is 0 Å². The van der Waals surface area contributed by atoms with Crippen LogP contribution in [0.3, 0.4) is 0 Å². The molecule has 0 aliphatic heterocycles. The third-order valence-corrected chi connectivity index (χ3v) is 4.84. The first-order valence-corrected chi connectivity index (χ1v) is 7.69. The third kappa shape index (κ3) is 2.63. The number of aromatic hydroxyl groups is 2. The minimum Gasteiger partial charge on any atom is -0.508 e. The number of hydrogen-bond donors (Lipinski definition) is 2. The van der Waals surface area contributed by atoms with E-state index >= 15 is 0 Å². The Morgan fingerprint density at radius 2 is 1.33 bits per heavy atom. The molecule has 2 aromatic carbocycles. The van der Waals surface area contributed by atoms with Gasteiger partial charge in [-0.25, -0.2) is 0 Å². The van der Waals surface area contributed by atoms with E-state index in [9.17, 15) is 10.2 Å². The molecule has 2 aromatic rings. The molecule has 1 saturated carbocycles. The van der Waals surface area contributed by atoms with Gasteiger partial charge in [-0.05, 0) is 54.2 Å². The van der Waals surface area contributed by atoms with Crippen LogP contribution in [-0.2, 0) is 5.41 Å². The summed E-state index contributed by atoms with van der Waals surface area (Å²) in [5, 5.41) is 19.1. The van der Waals surface area contributed by atoms with Crippen molar-refractivity contribution < 1.29 is 10.2 Å². The van der Waals surface area contributed by atoms with Crippen LogP contribution >= 0.6 is 0 Å². The van der Waals surface area contributed by atoms with Gasteiger partial charge in [0, 0.05) is 5.41 Å². The van der Waals surface area contributed by atoms with Crippen molar-refractivity contribution in [2.24, 2.45) is 5.92 Å². The van der Waals surface area contributed by atoms with Gasteiger partial charge in [0.2, 0.25) is 0 Å². The average Bonchev–Trinajstić information content (AvgIpc) is 2.48. The predicted octanol–water partition coefficient (Wildman–Crippen LogP) is 4.59. The minimum absolute atomic E-state index is 0.000926. The van der Waals surface area contributed by atoms with E-state index in [1.54, 1.807) is 24.3 Å². The largest absolute Gasteiger partial charge is 0.508 e. The SMILES string of the molecule is C[C@@H]1CCCC(c2ccc(O)cc2)(c2ccc(O)cc2)C1. The molecule has 0 amide bonds. The maximum atomic E-state index is 9.56. The Morgan fingerprint density at radius 1 is 0.857 bits per heavy atom. The van der Waals surface area contributed by atoms with Crippen LogP contribution in [0.25, 0.3) is 0 Å². The van der Waals surface area contributed by atoms with Gasteiger partial charge in [-0.15, -0.1) is 0 Å². The summed E-state index contributed by atoms with van der Waals surface area (Å²) in [5.74, 6) is 1.30. The lowest BCUT2D eigenvalue weighted by Crippen LogP contribution is -2.33. The maximum Gasteiger partial charge on any atom is 0.115 e. The van der Waals surface area contributed by atoms with Crippen molar-refractivity contribution in [3.8, 4) is 11.5 Å². The molecule has 2 N–H and O–H groups in total. The van der Waals surface area contributed by atoms with Crippen molar-refractivity contribution in [2.45, 2.75) is 38.0 Å². The second-order valence-corrected chi connectivity index (χ2v) is 6.38. The quantitative estimate of drug-likeness (QED) is 0.845. The fraction of sp³-hybridized carbons (Fsp3) is 0.368. The molecule has 21 heavy (non-hydrogen) atoms. The summed E-state index contributed by atoms with van der Waals surface area (Å²) in [5.41, 5.74) is 2.52. The summed E-state index contributed by atoms with van der Waals surface area (Å²) in [4.78, 5) is 0. The van der Waals surface area contributed by atoms with Crippen LogP contribution in [0.5, 0.6) is 11.5 Å². The second kappa shape index (κ2) is 5.44. The molecule has 0 spiro atoms. The lowest BCUT2D eigenvalue weighted by molar-refractivity contribution is 0.272. The van der Waals surface area contributed by atoms with Crippen LogP contribution in [0.15, 0.2) is 48.5 Å². The fourth-order valence-electron chi connectivity index (χ4n) is 3.80. The van der Waals surface area contributed by atoms with Gasteiger partial charge in [0.05, 0.1) is 0 Å². The second-order valence-electron chi connectivity index (χ2n) is 6.38. The Hall–Kier alpha value is -1.96. The lowest BCUT2D eigenvalue weighted by atomic mass is 9.62. The number of rotatable bonds is 2. The van der Waals surface area contributed by atoms with Crippen LogP contribution in [0.1, 0.15) is 43.7 Å². The molecule has 0 aromatic heterocycles. The zero-order chi connectivity index (χ0) is 14.9. The molecule has 0 heterocycles. The van der Waals surface area contributed by atoms with Gasteiger partial charge in [-0.3, -0.25) is 0 Å². The molecule has 0 unspecified atom stereocenters. The molecule has 110 valence electrons. The molecule has 1 atom stereocenters. The molecule has 1 aliphatic carbocycles.